The summed E-state index contributed by atoms with van der Waals surface area (Å²) in [5, 5.41) is 13.1. The van der Waals surface area contributed by atoms with Crippen LogP contribution in [0, 0.1) is 17.1 Å². The standard InChI is InChI=1S/C24H16Cl2FN3O2/c1-30-20-5-3-2-4-15(20)10-21(30)24(31)29-13-16-6-7-19(26)23(22(16)27)32-18-9-14(12-28)8-17(25)11-18/h2-11H,13H2,1H3,(H,29,31). The van der Waals surface area contributed by atoms with Gasteiger partial charge in [-0.05, 0) is 36.4 Å². The topological polar surface area (TPSA) is 67.1 Å². The Kier molecular flexibility index (Phi) is 6.04. The molecule has 3 aromatic carbocycles. The molecule has 1 heterocycles. The van der Waals surface area contributed by atoms with Crippen molar-refractivity contribution in [3.05, 3.63) is 93.3 Å². The summed E-state index contributed by atoms with van der Waals surface area (Å²) in [6.07, 6.45) is 0. The zero-order chi connectivity index (χ0) is 22.8. The number of amides is 1. The molecule has 0 bridgehead atoms. The van der Waals surface area contributed by atoms with Crippen LogP contribution < -0.4 is 10.1 Å². The fraction of sp³-hybridized carbons (Fsp3) is 0.0833. The number of hydrogen-bond acceptors (Lipinski definition) is 3. The predicted molar refractivity (Wildman–Crippen MR) is 122 cm³/mol. The van der Waals surface area contributed by atoms with Crippen molar-refractivity contribution in [2.75, 3.05) is 0 Å². The number of aromatic nitrogens is 1. The van der Waals surface area contributed by atoms with E-state index in [0.29, 0.717) is 5.69 Å². The molecule has 0 aliphatic heterocycles. The predicted octanol–water partition coefficient (Wildman–Crippen LogP) is 6.22. The molecule has 4 aromatic rings. The van der Waals surface area contributed by atoms with Crippen molar-refractivity contribution >= 4 is 40.0 Å². The zero-order valence-electron chi connectivity index (χ0n) is 16.8. The van der Waals surface area contributed by atoms with E-state index in [1.807, 2.05) is 30.3 Å². The molecule has 1 N–H and O–H groups in total. The van der Waals surface area contributed by atoms with Gasteiger partial charge in [0.05, 0.1) is 16.7 Å². The van der Waals surface area contributed by atoms with Gasteiger partial charge in [-0.15, -0.1) is 0 Å². The van der Waals surface area contributed by atoms with E-state index in [4.69, 9.17) is 33.2 Å². The van der Waals surface area contributed by atoms with Crippen LogP contribution in [0.2, 0.25) is 10.0 Å². The number of para-hydroxylation sites is 1. The number of hydrogen-bond donors (Lipinski definition) is 1. The molecule has 0 saturated heterocycles. The van der Waals surface area contributed by atoms with Gasteiger partial charge in [0.1, 0.15) is 11.4 Å². The van der Waals surface area contributed by atoms with Crippen molar-refractivity contribution in [3.63, 3.8) is 0 Å². The Bertz CT molecular complexity index is 1390. The maximum atomic E-state index is 15.1. The Labute approximate surface area is 193 Å². The molecule has 32 heavy (non-hydrogen) atoms. The van der Waals surface area contributed by atoms with Crippen molar-refractivity contribution in [1.82, 2.24) is 9.88 Å². The maximum absolute atomic E-state index is 15.1. The number of nitrogens with one attached hydrogen (secondary N) is 1. The van der Waals surface area contributed by atoms with Gasteiger partial charge in [-0.1, -0.05) is 47.5 Å². The molecule has 1 aromatic heterocycles. The largest absolute Gasteiger partial charge is 0.453 e. The number of fused-ring (bicyclic) bond motifs is 1. The van der Waals surface area contributed by atoms with E-state index < -0.39 is 5.82 Å². The average molecular weight is 468 g/mol. The molecule has 0 saturated carbocycles. The second kappa shape index (κ2) is 8.91. The number of aryl methyl sites for hydroxylation is 1. The van der Waals surface area contributed by atoms with E-state index in [2.05, 4.69) is 5.32 Å². The first-order valence-corrected chi connectivity index (χ1v) is 10.3. The van der Waals surface area contributed by atoms with Crippen LogP contribution in [0.5, 0.6) is 11.5 Å². The van der Waals surface area contributed by atoms with E-state index in [9.17, 15) is 4.79 Å². The molecule has 0 radical (unpaired) electrons. The molecule has 160 valence electrons. The number of carbonyl (C=O) groups excluding carboxylic acids is 1. The van der Waals surface area contributed by atoms with Crippen LogP contribution in [0.3, 0.4) is 0 Å². The van der Waals surface area contributed by atoms with Crippen molar-refractivity contribution in [2.24, 2.45) is 7.05 Å². The van der Waals surface area contributed by atoms with E-state index in [1.54, 1.807) is 17.7 Å². The lowest BCUT2D eigenvalue weighted by atomic mass is 10.2. The number of carbonyl (C=O) groups is 1. The van der Waals surface area contributed by atoms with Crippen molar-refractivity contribution < 1.29 is 13.9 Å². The lowest BCUT2D eigenvalue weighted by molar-refractivity contribution is 0.0943. The van der Waals surface area contributed by atoms with Crippen LogP contribution >= 0.6 is 23.2 Å². The third kappa shape index (κ3) is 4.26. The van der Waals surface area contributed by atoms with Crippen LogP contribution in [0.4, 0.5) is 4.39 Å². The second-order valence-electron chi connectivity index (χ2n) is 7.07. The Morgan fingerprint density at radius 2 is 1.94 bits per heavy atom. The van der Waals surface area contributed by atoms with Gasteiger partial charge in [0.15, 0.2) is 11.6 Å². The fourth-order valence-electron chi connectivity index (χ4n) is 3.38. The van der Waals surface area contributed by atoms with Crippen LogP contribution in [0.15, 0.2) is 60.7 Å². The van der Waals surface area contributed by atoms with Crippen LogP contribution in [0.1, 0.15) is 21.6 Å². The normalized spacial score (nSPS) is 10.7. The lowest BCUT2D eigenvalue weighted by Crippen LogP contribution is -2.25. The van der Waals surface area contributed by atoms with E-state index in [-0.39, 0.29) is 45.1 Å². The van der Waals surface area contributed by atoms with Gasteiger partial charge in [-0.2, -0.15) is 5.26 Å². The zero-order valence-corrected chi connectivity index (χ0v) is 18.3. The molecule has 5 nitrogen and oxygen atoms in total. The van der Waals surface area contributed by atoms with E-state index in [0.717, 1.165) is 10.9 Å². The highest BCUT2D eigenvalue weighted by molar-refractivity contribution is 6.32. The SMILES string of the molecule is Cn1c(C(=O)NCc2ccc(Cl)c(Oc3cc(Cl)cc(C#N)c3)c2F)cc2ccccc21. The van der Waals surface area contributed by atoms with Gasteiger partial charge in [-0.25, -0.2) is 4.39 Å². The molecular weight excluding hydrogens is 452 g/mol. The molecule has 4 rings (SSSR count). The summed E-state index contributed by atoms with van der Waals surface area (Å²) in [7, 11) is 1.80. The van der Waals surface area contributed by atoms with Crippen molar-refractivity contribution in [2.45, 2.75) is 6.54 Å². The summed E-state index contributed by atoms with van der Waals surface area (Å²) >= 11 is 12.1. The molecule has 0 fully saturated rings. The number of nitriles is 1. The third-order valence-corrected chi connectivity index (χ3v) is 5.49. The highest BCUT2D eigenvalue weighted by atomic mass is 35.5. The van der Waals surface area contributed by atoms with Crippen LogP contribution in [-0.4, -0.2) is 10.5 Å². The lowest BCUT2D eigenvalue weighted by Gasteiger charge is -2.13. The Hall–Kier alpha value is -3.53. The second-order valence-corrected chi connectivity index (χ2v) is 7.91. The Balaban J connectivity index is 1.56. The van der Waals surface area contributed by atoms with Crippen LogP contribution in [-0.2, 0) is 13.6 Å². The fourth-order valence-corrected chi connectivity index (χ4v) is 3.79. The minimum absolute atomic E-state index is 0.0461. The summed E-state index contributed by atoms with van der Waals surface area (Å²) < 4.78 is 22.5. The smallest absolute Gasteiger partial charge is 0.268 e. The number of ether oxygens (including phenoxy) is 1. The summed E-state index contributed by atoms with van der Waals surface area (Å²) in [5.41, 5.74) is 1.84. The first-order chi connectivity index (χ1) is 15.4. The van der Waals surface area contributed by atoms with Gasteiger partial charge in [0.2, 0.25) is 0 Å². The highest BCUT2D eigenvalue weighted by Gasteiger charge is 2.18. The van der Waals surface area contributed by atoms with Gasteiger partial charge in [0, 0.05) is 35.1 Å². The quantitative estimate of drug-likeness (QED) is 0.378. The maximum Gasteiger partial charge on any atom is 0.268 e. The monoisotopic (exact) mass is 467 g/mol. The molecule has 0 aliphatic rings. The number of nitrogens with zero attached hydrogens (tertiary/aromatic N) is 2. The van der Waals surface area contributed by atoms with Crippen molar-refractivity contribution in [3.8, 4) is 17.6 Å². The van der Waals surface area contributed by atoms with E-state index in [1.165, 1.54) is 30.3 Å². The number of benzene rings is 3. The van der Waals surface area contributed by atoms with Gasteiger partial charge < -0.3 is 14.6 Å². The minimum atomic E-state index is -0.715. The summed E-state index contributed by atoms with van der Waals surface area (Å²) in [6, 6.07) is 18.7. The first-order valence-electron chi connectivity index (χ1n) is 9.55. The van der Waals surface area contributed by atoms with Gasteiger partial charge in [0.25, 0.3) is 5.91 Å². The molecule has 0 atom stereocenters. The first kappa shape index (κ1) is 21.7. The molecule has 0 unspecified atom stereocenters. The minimum Gasteiger partial charge on any atom is -0.453 e. The molecule has 8 heteroatoms. The Morgan fingerprint density at radius 3 is 2.69 bits per heavy atom. The van der Waals surface area contributed by atoms with E-state index >= 15 is 4.39 Å². The molecule has 0 spiro atoms. The number of rotatable bonds is 5. The summed E-state index contributed by atoms with van der Waals surface area (Å²) in [6.45, 7) is -0.0707. The van der Waals surface area contributed by atoms with Crippen molar-refractivity contribution in [1.29, 1.82) is 5.26 Å². The van der Waals surface area contributed by atoms with Gasteiger partial charge >= 0.3 is 0 Å². The number of halogens is 3. The molecular formula is C24H16Cl2FN3O2. The highest BCUT2D eigenvalue weighted by Crippen LogP contribution is 2.35. The Morgan fingerprint density at radius 1 is 1.16 bits per heavy atom. The average Bonchev–Trinajstić information content (AvgIpc) is 3.12. The van der Waals surface area contributed by atoms with Gasteiger partial charge in [-0.3, -0.25) is 4.79 Å². The molecule has 0 aliphatic carbocycles. The summed E-state index contributed by atoms with van der Waals surface area (Å²) in [4.78, 5) is 12.7. The molecule has 1 amide bonds. The van der Waals surface area contributed by atoms with Crippen LogP contribution in [0.25, 0.3) is 10.9 Å². The third-order valence-electron chi connectivity index (χ3n) is 4.97. The summed E-state index contributed by atoms with van der Waals surface area (Å²) in [5.74, 6) is -1.09.